The lowest BCUT2D eigenvalue weighted by Gasteiger charge is -2.44. The Morgan fingerprint density at radius 1 is 1.15 bits per heavy atom. The SMILES string of the molecule is C=C1/C(=C/C=C2\CCC[C@@]3(C)C2CC[C@@H]3[C@H](C)CCCC(C)(C)OC)C[C@@H](OC)[C@@H](C)[C@@H]1OC. The molecule has 1 unspecified atom stereocenters. The summed E-state index contributed by atoms with van der Waals surface area (Å²) in [7, 11) is 5.45. The Bertz CT molecular complexity index is 763. The van der Waals surface area contributed by atoms with Crippen molar-refractivity contribution in [3.63, 3.8) is 0 Å². The number of rotatable bonds is 9. The van der Waals surface area contributed by atoms with Gasteiger partial charge < -0.3 is 14.2 Å². The smallest absolute Gasteiger partial charge is 0.0868 e. The molecule has 0 aromatic heterocycles. The van der Waals surface area contributed by atoms with E-state index in [4.69, 9.17) is 14.2 Å². The second kappa shape index (κ2) is 11.4. The van der Waals surface area contributed by atoms with Crippen molar-refractivity contribution in [1.29, 1.82) is 0 Å². The second-order valence-electron chi connectivity index (χ2n) is 12.4. The molecule has 194 valence electrons. The maximum atomic E-state index is 5.81. The molecule has 0 heterocycles. The summed E-state index contributed by atoms with van der Waals surface area (Å²) in [4.78, 5) is 0. The van der Waals surface area contributed by atoms with Crippen LogP contribution in [0.15, 0.2) is 35.5 Å². The molecule has 3 nitrogen and oxygen atoms in total. The molecule has 3 heteroatoms. The van der Waals surface area contributed by atoms with Crippen LogP contribution >= 0.6 is 0 Å². The third-order valence-electron chi connectivity index (χ3n) is 10.0. The Morgan fingerprint density at radius 3 is 2.53 bits per heavy atom. The van der Waals surface area contributed by atoms with Crippen molar-refractivity contribution in [3.8, 4) is 0 Å². The van der Waals surface area contributed by atoms with E-state index in [-0.39, 0.29) is 17.8 Å². The van der Waals surface area contributed by atoms with Crippen LogP contribution in [0.5, 0.6) is 0 Å². The summed E-state index contributed by atoms with van der Waals surface area (Å²) < 4.78 is 17.3. The van der Waals surface area contributed by atoms with Crippen LogP contribution in [0.1, 0.15) is 92.4 Å². The molecule has 0 bridgehead atoms. The zero-order valence-electron chi connectivity index (χ0n) is 23.4. The summed E-state index contributed by atoms with van der Waals surface area (Å²) in [5, 5.41) is 0. The summed E-state index contributed by atoms with van der Waals surface area (Å²) in [6.45, 7) is 16.2. The molecule has 0 aromatic rings. The molecule has 0 saturated heterocycles. The minimum Gasteiger partial charge on any atom is -0.381 e. The van der Waals surface area contributed by atoms with Crippen molar-refractivity contribution in [1.82, 2.24) is 0 Å². The normalized spacial score (nSPS) is 37.9. The number of fused-ring (bicyclic) bond motifs is 1. The minimum absolute atomic E-state index is 0.000642. The van der Waals surface area contributed by atoms with Crippen LogP contribution in [0.4, 0.5) is 0 Å². The van der Waals surface area contributed by atoms with Gasteiger partial charge in [0.25, 0.3) is 0 Å². The molecule has 7 atom stereocenters. The lowest BCUT2D eigenvalue weighted by atomic mass is 9.60. The first-order valence-electron chi connectivity index (χ1n) is 13.8. The van der Waals surface area contributed by atoms with Gasteiger partial charge in [0.2, 0.25) is 0 Å². The first-order valence-corrected chi connectivity index (χ1v) is 13.8. The highest BCUT2D eigenvalue weighted by molar-refractivity contribution is 5.39. The number of hydrogen-bond acceptors (Lipinski definition) is 3. The average molecular weight is 473 g/mol. The van der Waals surface area contributed by atoms with Gasteiger partial charge in [0.1, 0.15) is 0 Å². The van der Waals surface area contributed by atoms with Gasteiger partial charge in [-0.1, -0.05) is 57.9 Å². The third-order valence-corrected chi connectivity index (χ3v) is 10.0. The molecule has 0 aliphatic heterocycles. The molecule has 0 radical (unpaired) electrons. The van der Waals surface area contributed by atoms with E-state index in [1.165, 1.54) is 50.5 Å². The molecule has 3 aliphatic rings. The molecule has 34 heavy (non-hydrogen) atoms. The number of hydrogen-bond donors (Lipinski definition) is 0. The average Bonchev–Trinajstić information content (AvgIpc) is 3.16. The van der Waals surface area contributed by atoms with Crippen LogP contribution in [0.2, 0.25) is 0 Å². The topological polar surface area (TPSA) is 27.7 Å². The van der Waals surface area contributed by atoms with E-state index in [0.29, 0.717) is 11.3 Å². The fourth-order valence-electron chi connectivity index (χ4n) is 7.63. The van der Waals surface area contributed by atoms with E-state index in [9.17, 15) is 0 Å². The van der Waals surface area contributed by atoms with Crippen molar-refractivity contribution in [2.75, 3.05) is 21.3 Å². The van der Waals surface area contributed by atoms with Gasteiger partial charge in [-0.25, -0.2) is 0 Å². The van der Waals surface area contributed by atoms with Crippen LogP contribution in [0.3, 0.4) is 0 Å². The van der Waals surface area contributed by atoms with Crippen molar-refractivity contribution in [3.05, 3.63) is 35.5 Å². The highest BCUT2D eigenvalue weighted by atomic mass is 16.5. The molecule has 3 aliphatic carbocycles. The van der Waals surface area contributed by atoms with Crippen LogP contribution in [-0.2, 0) is 14.2 Å². The van der Waals surface area contributed by atoms with Crippen molar-refractivity contribution in [2.45, 2.75) is 110 Å². The monoisotopic (exact) mass is 472 g/mol. The Morgan fingerprint density at radius 2 is 1.88 bits per heavy atom. The van der Waals surface area contributed by atoms with Gasteiger partial charge in [-0.15, -0.1) is 0 Å². The largest absolute Gasteiger partial charge is 0.381 e. The first-order chi connectivity index (χ1) is 16.1. The standard InChI is InChI=1S/C31H52O3/c1-21(12-10-18-30(4,5)34-9)26-16-17-27-24(13-11-19-31(26,27)6)14-15-25-20-28(32-7)23(3)29(33-8)22(25)2/h14-15,21,23,26-29H,2,10-13,16-20H2,1,3-9H3/b24-14+,25-15+/t21-,23-,26-,27?,28-,29-,31-/m1/s1. The highest BCUT2D eigenvalue weighted by Crippen LogP contribution is 2.60. The van der Waals surface area contributed by atoms with Crippen LogP contribution in [0, 0.1) is 29.1 Å². The van der Waals surface area contributed by atoms with E-state index < -0.39 is 0 Å². The Kier molecular flexibility index (Phi) is 9.31. The van der Waals surface area contributed by atoms with E-state index >= 15 is 0 Å². The number of ether oxygens (including phenoxy) is 3. The van der Waals surface area contributed by atoms with E-state index in [1.807, 2.05) is 14.2 Å². The van der Waals surface area contributed by atoms with E-state index in [0.717, 1.165) is 36.2 Å². The van der Waals surface area contributed by atoms with Crippen molar-refractivity contribution >= 4 is 0 Å². The zero-order valence-corrected chi connectivity index (χ0v) is 23.4. The quantitative estimate of drug-likeness (QED) is 0.341. The summed E-state index contributed by atoms with van der Waals surface area (Å²) >= 11 is 0. The fraction of sp³-hybridized carbons (Fsp3) is 0.806. The van der Waals surface area contributed by atoms with Gasteiger partial charge in [-0.05, 0) is 93.1 Å². The van der Waals surface area contributed by atoms with Crippen LogP contribution in [-0.4, -0.2) is 39.1 Å². The highest BCUT2D eigenvalue weighted by Gasteiger charge is 2.50. The zero-order chi connectivity index (χ0) is 25.1. The van der Waals surface area contributed by atoms with E-state index in [1.54, 1.807) is 12.7 Å². The summed E-state index contributed by atoms with van der Waals surface area (Å²) in [6, 6.07) is 0. The number of allylic oxidation sites excluding steroid dienone is 3. The second-order valence-corrected chi connectivity index (χ2v) is 12.4. The first kappa shape index (κ1) is 27.7. The minimum atomic E-state index is 0.000642. The fourth-order valence-corrected chi connectivity index (χ4v) is 7.63. The van der Waals surface area contributed by atoms with Crippen molar-refractivity contribution < 1.29 is 14.2 Å². The molecular formula is C31H52O3. The van der Waals surface area contributed by atoms with Crippen LogP contribution in [0.25, 0.3) is 0 Å². The predicted octanol–water partition coefficient (Wildman–Crippen LogP) is 7.91. The Labute approximate surface area is 210 Å². The van der Waals surface area contributed by atoms with Gasteiger partial charge in [-0.2, -0.15) is 0 Å². The van der Waals surface area contributed by atoms with Crippen molar-refractivity contribution in [2.24, 2.45) is 29.1 Å². The maximum Gasteiger partial charge on any atom is 0.0868 e. The molecule has 3 rings (SSSR count). The van der Waals surface area contributed by atoms with Crippen LogP contribution < -0.4 is 0 Å². The van der Waals surface area contributed by atoms with Gasteiger partial charge >= 0.3 is 0 Å². The van der Waals surface area contributed by atoms with E-state index in [2.05, 4.69) is 53.3 Å². The Balaban J connectivity index is 1.72. The molecule has 0 N–H and O–H groups in total. The van der Waals surface area contributed by atoms with Gasteiger partial charge in [0.15, 0.2) is 0 Å². The van der Waals surface area contributed by atoms with Gasteiger partial charge in [0, 0.05) is 27.2 Å². The Hall–Kier alpha value is -0.900. The van der Waals surface area contributed by atoms with Gasteiger partial charge in [-0.3, -0.25) is 0 Å². The molecule has 0 spiro atoms. The maximum absolute atomic E-state index is 5.81. The molecular weight excluding hydrogens is 420 g/mol. The summed E-state index contributed by atoms with van der Waals surface area (Å²) in [5.74, 6) is 2.68. The molecule has 0 aromatic carbocycles. The molecule has 0 amide bonds. The predicted molar refractivity (Wildman–Crippen MR) is 143 cm³/mol. The third kappa shape index (κ3) is 5.73. The number of methoxy groups -OCH3 is 3. The summed E-state index contributed by atoms with van der Waals surface area (Å²) in [5.41, 5.74) is 4.56. The lowest BCUT2D eigenvalue weighted by molar-refractivity contribution is -0.0198. The molecule has 3 saturated carbocycles. The molecule has 3 fully saturated rings. The van der Waals surface area contributed by atoms with Gasteiger partial charge in [0.05, 0.1) is 17.8 Å². The lowest BCUT2D eigenvalue weighted by Crippen LogP contribution is -2.39. The summed E-state index contributed by atoms with van der Waals surface area (Å²) in [6.07, 6.45) is 16.4.